The highest BCUT2D eigenvalue weighted by molar-refractivity contribution is 7.92. The van der Waals surface area contributed by atoms with Gasteiger partial charge in [-0.15, -0.1) is 12.4 Å². The predicted molar refractivity (Wildman–Crippen MR) is 81.9 cm³/mol. The van der Waals surface area contributed by atoms with Gasteiger partial charge in [0.05, 0.1) is 11.0 Å². The highest BCUT2D eigenvalue weighted by atomic mass is 35.5. The standard InChI is InChI=1S/C13H24N2O3S.ClH/c16-13(15-11-4-3-8-14-10-11)7-9-19(17,18)12-5-1-2-6-12;/h11-12,14H,1-10H2,(H,15,16);1H/t11-;/m0./s1. The fourth-order valence-electron chi connectivity index (χ4n) is 2.92. The van der Waals surface area contributed by atoms with E-state index >= 15 is 0 Å². The maximum Gasteiger partial charge on any atom is 0.221 e. The van der Waals surface area contributed by atoms with Gasteiger partial charge >= 0.3 is 0 Å². The summed E-state index contributed by atoms with van der Waals surface area (Å²) in [5, 5.41) is 5.94. The minimum Gasteiger partial charge on any atom is -0.352 e. The lowest BCUT2D eigenvalue weighted by molar-refractivity contribution is -0.121. The first-order valence-corrected chi connectivity index (χ1v) is 9.01. The van der Waals surface area contributed by atoms with Gasteiger partial charge in [0.15, 0.2) is 9.84 Å². The van der Waals surface area contributed by atoms with Gasteiger partial charge in [-0.3, -0.25) is 4.79 Å². The van der Waals surface area contributed by atoms with Crippen LogP contribution in [0.3, 0.4) is 0 Å². The summed E-state index contributed by atoms with van der Waals surface area (Å²) in [5.74, 6) is -0.126. The molecule has 1 saturated carbocycles. The van der Waals surface area contributed by atoms with E-state index in [0.717, 1.165) is 51.6 Å². The van der Waals surface area contributed by atoms with Crippen molar-refractivity contribution in [1.82, 2.24) is 10.6 Å². The molecule has 20 heavy (non-hydrogen) atoms. The molecule has 0 bridgehead atoms. The van der Waals surface area contributed by atoms with Crippen LogP contribution < -0.4 is 10.6 Å². The summed E-state index contributed by atoms with van der Waals surface area (Å²) >= 11 is 0. The monoisotopic (exact) mass is 324 g/mol. The van der Waals surface area contributed by atoms with Gasteiger partial charge in [-0.25, -0.2) is 8.42 Å². The molecule has 118 valence electrons. The smallest absolute Gasteiger partial charge is 0.221 e. The largest absolute Gasteiger partial charge is 0.352 e. The second kappa shape index (κ2) is 8.20. The zero-order valence-electron chi connectivity index (χ0n) is 11.8. The van der Waals surface area contributed by atoms with Crippen LogP contribution in [-0.4, -0.2) is 44.5 Å². The zero-order valence-corrected chi connectivity index (χ0v) is 13.4. The summed E-state index contributed by atoms with van der Waals surface area (Å²) in [7, 11) is -3.07. The number of carbonyl (C=O) groups is 1. The molecular formula is C13H25ClN2O3S. The van der Waals surface area contributed by atoms with Crippen LogP contribution in [0.25, 0.3) is 0 Å². The Morgan fingerprint density at radius 2 is 1.85 bits per heavy atom. The van der Waals surface area contributed by atoms with Gasteiger partial charge in [0.1, 0.15) is 0 Å². The molecule has 0 aromatic heterocycles. The number of carbonyl (C=O) groups excluding carboxylic acids is 1. The van der Waals surface area contributed by atoms with Crippen LogP contribution in [0, 0.1) is 0 Å². The maximum absolute atomic E-state index is 12.0. The summed E-state index contributed by atoms with van der Waals surface area (Å²) in [4.78, 5) is 11.8. The molecule has 0 radical (unpaired) electrons. The van der Waals surface area contributed by atoms with Crippen molar-refractivity contribution in [3.8, 4) is 0 Å². The van der Waals surface area contributed by atoms with Crippen molar-refractivity contribution in [1.29, 1.82) is 0 Å². The average Bonchev–Trinajstić information content (AvgIpc) is 2.92. The van der Waals surface area contributed by atoms with Crippen LogP contribution in [0.5, 0.6) is 0 Å². The topological polar surface area (TPSA) is 75.3 Å². The van der Waals surface area contributed by atoms with Crippen LogP contribution in [0.2, 0.25) is 0 Å². The number of hydrogen-bond acceptors (Lipinski definition) is 4. The molecule has 5 nitrogen and oxygen atoms in total. The SMILES string of the molecule is Cl.O=C(CCS(=O)(=O)C1CCCC1)N[C@H]1CCCNC1. The predicted octanol–water partition coefficient (Wildman–Crippen LogP) is 1.02. The van der Waals surface area contributed by atoms with E-state index in [1.165, 1.54) is 0 Å². The molecule has 0 unspecified atom stereocenters. The molecule has 1 saturated heterocycles. The number of amides is 1. The van der Waals surface area contributed by atoms with E-state index < -0.39 is 9.84 Å². The Bertz CT molecular complexity index is 402. The first-order chi connectivity index (χ1) is 9.08. The lowest BCUT2D eigenvalue weighted by atomic mass is 10.1. The van der Waals surface area contributed by atoms with Gasteiger partial charge in [-0.2, -0.15) is 0 Å². The highest BCUT2D eigenvalue weighted by Crippen LogP contribution is 2.25. The molecule has 1 aliphatic heterocycles. The minimum atomic E-state index is -3.07. The molecule has 0 spiro atoms. The van der Waals surface area contributed by atoms with Crippen molar-refractivity contribution in [3.05, 3.63) is 0 Å². The Kier molecular flexibility index (Phi) is 7.26. The highest BCUT2D eigenvalue weighted by Gasteiger charge is 2.29. The summed E-state index contributed by atoms with van der Waals surface area (Å²) < 4.78 is 24.1. The molecule has 2 rings (SSSR count). The number of piperidine rings is 1. The number of nitrogens with one attached hydrogen (secondary N) is 2. The third-order valence-corrected chi connectivity index (χ3v) is 6.35. The van der Waals surface area contributed by atoms with E-state index in [1.807, 2.05) is 0 Å². The molecule has 2 N–H and O–H groups in total. The van der Waals surface area contributed by atoms with Gasteiger partial charge in [-0.05, 0) is 32.2 Å². The van der Waals surface area contributed by atoms with E-state index in [9.17, 15) is 13.2 Å². The van der Waals surface area contributed by atoms with E-state index in [1.54, 1.807) is 0 Å². The normalized spacial score (nSPS) is 24.1. The first kappa shape index (κ1) is 17.7. The Balaban J connectivity index is 0.00000200. The third kappa shape index (κ3) is 5.22. The second-order valence-electron chi connectivity index (χ2n) is 5.63. The fraction of sp³-hybridized carbons (Fsp3) is 0.923. The molecule has 2 fully saturated rings. The quantitative estimate of drug-likeness (QED) is 0.792. The third-order valence-electron chi connectivity index (χ3n) is 4.09. The number of hydrogen-bond donors (Lipinski definition) is 2. The summed E-state index contributed by atoms with van der Waals surface area (Å²) in [6, 6.07) is 0.162. The van der Waals surface area contributed by atoms with Crippen molar-refractivity contribution in [3.63, 3.8) is 0 Å². The van der Waals surface area contributed by atoms with E-state index in [0.29, 0.717) is 0 Å². The van der Waals surface area contributed by atoms with Crippen molar-refractivity contribution in [2.75, 3.05) is 18.8 Å². The maximum atomic E-state index is 12.0. The molecule has 0 aromatic rings. The minimum absolute atomic E-state index is 0. The molecule has 1 heterocycles. The van der Waals surface area contributed by atoms with E-state index in [4.69, 9.17) is 0 Å². The van der Waals surface area contributed by atoms with Crippen LogP contribution >= 0.6 is 12.4 Å². The Morgan fingerprint density at radius 3 is 2.45 bits per heavy atom. The van der Waals surface area contributed by atoms with Crippen LogP contribution in [0.4, 0.5) is 0 Å². The Labute approximate surface area is 127 Å². The Hall–Kier alpha value is -0.330. The van der Waals surface area contributed by atoms with E-state index in [2.05, 4.69) is 10.6 Å². The summed E-state index contributed by atoms with van der Waals surface area (Å²) in [6.07, 6.45) is 5.70. The number of halogens is 1. The van der Waals surface area contributed by atoms with Crippen molar-refractivity contribution in [2.45, 2.75) is 56.2 Å². The number of sulfone groups is 1. The van der Waals surface area contributed by atoms with E-state index in [-0.39, 0.29) is 41.8 Å². The van der Waals surface area contributed by atoms with Gasteiger partial charge in [0, 0.05) is 19.0 Å². The first-order valence-electron chi connectivity index (χ1n) is 7.29. The van der Waals surface area contributed by atoms with Crippen molar-refractivity contribution < 1.29 is 13.2 Å². The van der Waals surface area contributed by atoms with Gasteiger partial charge < -0.3 is 10.6 Å². The van der Waals surface area contributed by atoms with Crippen LogP contribution in [-0.2, 0) is 14.6 Å². The fourth-order valence-corrected chi connectivity index (χ4v) is 4.78. The Morgan fingerprint density at radius 1 is 1.15 bits per heavy atom. The molecule has 1 atom stereocenters. The molecule has 7 heteroatoms. The summed E-state index contributed by atoms with van der Waals surface area (Å²) in [6.45, 7) is 1.80. The van der Waals surface area contributed by atoms with Gasteiger partial charge in [0.25, 0.3) is 0 Å². The second-order valence-corrected chi connectivity index (χ2v) is 8.03. The van der Waals surface area contributed by atoms with Crippen molar-refractivity contribution >= 4 is 28.2 Å². The van der Waals surface area contributed by atoms with Gasteiger partial charge in [0.2, 0.25) is 5.91 Å². The average molecular weight is 325 g/mol. The zero-order chi connectivity index (χ0) is 13.7. The molecule has 1 aliphatic carbocycles. The molecule has 2 aliphatic rings. The lowest BCUT2D eigenvalue weighted by Crippen LogP contribution is -2.46. The van der Waals surface area contributed by atoms with Crippen molar-refractivity contribution in [2.24, 2.45) is 0 Å². The van der Waals surface area contributed by atoms with Crippen LogP contribution in [0.15, 0.2) is 0 Å². The lowest BCUT2D eigenvalue weighted by Gasteiger charge is -2.23. The summed E-state index contributed by atoms with van der Waals surface area (Å²) in [5.41, 5.74) is 0. The molecule has 0 aromatic carbocycles. The molecular weight excluding hydrogens is 300 g/mol. The van der Waals surface area contributed by atoms with Crippen LogP contribution in [0.1, 0.15) is 44.9 Å². The van der Waals surface area contributed by atoms with Gasteiger partial charge in [-0.1, -0.05) is 12.8 Å². The number of rotatable bonds is 5. The molecule has 1 amide bonds.